The molecule has 3 rings (SSSR count). The molecule has 0 unspecified atom stereocenters. The Bertz CT molecular complexity index is 956. The van der Waals surface area contributed by atoms with Gasteiger partial charge in [-0.05, 0) is 43.2 Å². The minimum absolute atomic E-state index is 0. The maximum atomic E-state index is 12.8. The van der Waals surface area contributed by atoms with Gasteiger partial charge in [-0.3, -0.25) is 9.59 Å². The summed E-state index contributed by atoms with van der Waals surface area (Å²) in [6.45, 7) is 4.05. The Balaban J connectivity index is 0.00000261. The van der Waals surface area contributed by atoms with Gasteiger partial charge < -0.3 is 22.3 Å². The molecule has 1 amide bonds. The summed E-state index contributed by atoms with van der Waals surface area (Å²) in [5, 5.41) is 2.91. The number of hydrogen-bond acceptors (Lipinski definition) is 2. The second-order valence-corrected chi connectivity index (χ2v) is 6.29. The molecule has 2 aromatic carbocycles. The molecule has 3 aromatic rings. The standard InChI is InChI=1S/C22H20N2O2.BrH/c1-16-10-11-19(21(25)15-24-12-6-3-7-13-24)20(14-16)23-22(26)18-9-5-4-8-17(18)2;/h3-14H,15H2,1-2H3;1H. The highest BCUT2D eigenvalue weighted by atomic mass is 79.9. The first-order chi connectivity index (χ1) is 12.5. The van der Waals surface area contributed by atoms with E-state index in [1.165, 1.54) is 0 Å². The Labute approximate surface area is 169 Å². The molecule has 5 heteroatoms. The van der Waals surface area contributed by atoms with Crippen LogP contribution in [0.3, 0.4) is 0 Å². The molecule has 0 aliphatic heterocycles. The Morgan fingerprint density at radius 1 is 0.889 bits per heavy atom. The summed E-state index contributed by atoms with van der Waals surface area (Å²) < 4.78 is 1.81. The number of benzene rings is 2. The van der Waals surface area contributed by atoms with Crippen molar-refractivity contribution in [1.82, 2.24) is 0 Å². The lowest BCUT2D eigenvalue weighted by Crippen LogP contribution is -3.00. The van der Waals surface area contributed by atoms with Crippen LogP contribution in [0.25, 0.3) is 0 Å². The minimum Gasteiger partial charge on any atom is -1.00 e. The molecular weight excluding hydrogens is 404 g/mol. The van der Waals surface area contributed by atoms with E-state index in [0.29, 0.717) is 16.8 Å². The molecule has 0 saturated carbocycles. The van der Waals surface area contributed by atoms with Crippen molar-refractivity contribution in [2.75, 3.05) is 5.32 Å². The van der Waals surface area contributed by atoms with Gasteiger partial charge in [-0.15, -0.1) is 0 Å². The van der Waals surface area contributed by atoms with Crippen LogP contribution in [0.1, 0.15) is 31.8 Å². The zero-order chi connectivity index (χ0) is 18.5. The maximum Gasteiger partial charge on any atom is 0.255 e. The highest BCUT2D eigenvalue weighted by Crippen LogP contribution is 2.20. The molecule has 0 radical (unpaired) electrons. The van der Waals surface area contributed by atoms with Gasteiger partial charge in [0.15, 0.2) is 12.4 Å². The number of aromatic nitrogens is 1. The van der Waals surface area contributed by atoms with Gasteiger partial charge in [0.2, 0.25) is 12.3 Å². The minimum atomic E-state index is -0.213. The van der Waals surface area contributed by atoms with E-state index >= 15 is 0 Å². The largest absolute Gasteiger partial charge is 1.00 e. The predicted octanol–water partition coefficient (Wildman–Crippen LogP) is 0.730. The van der Waals surface area contributed by atoms with Gasteiger partial charge in [0.1, 0.15) is 0 Å². The lowest BCUT2D eigenvalue weighted by Gasteiger charge is -2.12. The molecule has 0 spiro atoms. The van der Waals surface area contributed by atoms with Crippen molar-refractivity contribution in [2.45, 2.75) is 20.4 Å². The van der Waals surface area contributed by atoms with Crippen LogP contribution in [0.15, 0.2) is 73.1 Å². The quantitative estimate of drug-likeness (QED) is 0.484. The molecular formula is C22H21BrN2O2. The third-order valence-electron chi connectivity index (χ3n) is 4.22. The summed E-state index contributed by atoms with van der Waals surface area (Å²) in [5.41, 5.74) is 3.53. The zero-order valence-corrected chi connectivity index (χ0v) is 16.9. The number of hydrogen-bond donors (Lipinski definition) is 1. The van der Waals surface area contributed by atoms with Crippen LogP contribution >= 0.6 is 0 Å². The van der Waals surface area contributed by atoms with Crippen LogP contribution < -0.4 is 26.9 Å². The SMILES string of the molecule is Cc1ccc(C(=O)C[n+]2ccccc2)c(NC(=O)c2ccccc2C)c1.[Br-]. The summed E-state index contributed by atoms with van der Waals surface area (Å²) in [4.78, 5) is 25.4. The summed E-state index contributed by atoms with van der Waals surface area (Å²) in [5.74, 6) is -0.267. The first kappa shape index (κ1) is 20.5. The van der Waals surface area contributed by atoms with Crippen molar-refractivity contribution in [2.24, 2.45) is 0 Å². The predicted molar refractivity (Wildman–Crippen MR) is 101 cm³/mol. The molecule has 0 aliphatic carbocycles. The number of carbonyl (C=O) groups is 2. The number of Topliss-reactive ketones (excluding diaryl/α,β-unsaturated/α-hetero) is 1. The molecule has 0 atom stereocenters. The molecule has 1 N–H and O–H groups in total. The average molecular weight is 425 g/mol. The second-order valence-electron chi connectivity index (χ2n) is 6.29. The number of halogens is 1. The van der Waals surface area contributed by atoms with E-state index in [4.69, 9.17) is 0 Å². The van der Waals surface area contributed by atoms with Gasteiger partial charge in [0, 0.05) is 23.3 Å². The summed E-state index contributed by atoms with van der Waals surface area (Å²) >= 11 is 0. The lowest BCUT2D eigenvalue weighted by molar-refractivity contribution is -0.683. The molecule has 0 fully saturated rings. The first-order valence-corrected chi connectivity index (χ1v) is 8.49. The zero-order valence-electron chi connectivity index (χ0n) is 15.3. The maximum absolute atomic E-state index is 12.8. The average Bonchev–Trinajstić information content (AvgIpc) is 2.63. The Hall–Kier alpha value is -2.79. The van der Waals surface area contributed by atoms with Crippen LogP contribution in [0.2, 0.25) is 0 Å². The smallest absolute Gasteiger partial charge is 0.255 e. The van der Waals surface area contributed by atoms with Gasteiger partial charge in [-0.25, -0.2) is 0 Å². The lowest BCUT2D eigenvalue weighted by atomic mass is 10.0. The molecule has 0 bridgehead atoms. The van der Waals surface area contributed by atoms with Crippen LogP contribution in [-0.2, 0) is 6.54 Å². The fourth-order valence-electron chi connectivity index (χ4n) is 2.81. The molecule has 1 heterocycles. The highest BCUT2D eigenvalue weighted by molar-refractivity contribution is 6.09. The van der Waals surface area contributed by atoms with Gasteiger partial charge >= 0.3 is 0 Å². The second kappa shape index (κ2) is 9.24. The summed E-state index contributed by atoms with van der Waals surface area (Å²) in [6, 6.07) is 18.5. The van der Waals surface area contributed by atoms with Crippen molar-refractivity contribution in [3.8, 4) is 0 Å². The number of anilines is 1. The molecule has 1 aromatic heterocycles. The third-order valence-corrected chi connectivity index (χ3v) is 4.22. The fraction of sp³-hybridized carbons (Fsp3) is 0.136. The topological polar surface area (TPSA) is 50.0 Å². The number of carbonyl (C=O) groups excluding carboxylic acids is 2. The van der Waals surface area contributed by atoms with Crippen molar-refractivity contribution in [3.05, 3.63) is 95.3 Å². The summed E-state index contributed by atoms with van der Waals surface area (Å²) in [7, 11) is 0. The van der Waals surface area contributed by atoms with E-state index in [1.54, 1.807) is 12.1 Å². The van der Waals surface area contributed by atoms with E-state index in [1.807, 2.05) is 79.3 Å². The van der Waals surface area contributed by atoms with Crippen LogP contribution in [0.4, 0.5) is 5.69 Å². The molecule has 4 nitrogen and oxygen atoms in total. The van der Waals surface area contributed by atoms with Crippen LogP contribution in [0, 0.1) is 13.8 Å². The third kappa shape index (κ3) is 5.11. The number of aryl methyl sites for hydroxylation is 2. The van der Waals surface area contributed by atoms with Crippen molar-refractivity contribution in [3.63, 3.8) is 0 Å². The number of ketones is 1. The van der Waals surface area contributed by atoms with Gasteiger partial charge in [-0.2, -0.15) is 4.57 Å². The molecule has 138 valence electrons. The van der Waals surface area contributed by atoms with Gasteiger partial charge in [-0.1, -0.05) is 30.3 Å². The van der Waals surface area contributed by atoms with E-state index in [2.05, 4.69) is 5.32 Å². The van der Waals surface area contributed by atoms with Crippen LogP contribution in [-0.4, -0.2) is 11.7 Å². The van der Waals surface area contributed by atoms with Crippen molar-refractivity contribution >= 4 is 17.4 Å². The van der Waals surface area contributed by atoms with E-state index in [0.717, 1.165) is 11.1 Å². The fourth-order valence-corrected chi connectivity index (χ4v) is 2.81. The monoisotopic (exact) mass is 424 g/mol. The van der Waals surface area contributed by atoms with Gasteiger partial charge in [0.05, 0.1) is 5.69 Å². The Kier molecular flexibility index (Phi) is 7.02. The normalized spacial score (nSPS) is 10.0. The molecule has 27 heavy (non-hydrogen) atoms. The van der Waals surface area contributed by atoms with E-state index in [9.17, 15) is 9.59 Å². The number of pyridine rings is 1. The van der Waals surface area contributed by atoms with Crippen LogP contribution in [0.5, 0.6) is 0 Å². The molecule has 0 aliphatic rings. The van der Waals surface area contributed by atoms with E-state index < -0.39 is 0 Å². The number of nitrogens with one attached hydrogen (secondary N) is 1. The number of amides is 1. The number of rotatable bonds is 5. The van der Waals surface area contributed by atoms with Crippen molar-refractivity contribution < 1.29 is 31.1 Å². The van der Waals surface area contributed by atoms with Gasteiger partial charge in [0.25, 0.3) is 5.91 Å². The van der Waals surface area contributed by atoms with E-state index in [-0.39, 0.29) is 35.2 Å². The Morgan fingerprint density at radius 3 is 2.30 bits per heavy atom. The Morgan fingerprint density at radius 2 is 1.59 bits per heavy atom. The number of nitrogens with zero attached hydrogens (tertiary/aromatic N) is 1. The molecule has 0 saturated heterocycles. The summed E-state index contributed by atoms with van der Waals surface area (Å²) in [6.07, 6.45) is 3.69. The first-order valence-electron chi connectivity index (χ1n) is 8.49. The highest BCUT2D eigenvalue weighted by Gasteiger charge is 2.18. The van der Waals surface area contributed by atoms with Crippen molar-refractivity contribution in [1.29, 1.82) is 0 Å².